The topological polar surface area (TPSA) is 41.6 Å². The quantitative estimate of drug-likeness (QED) is 0.354. The molecule has 0 amide bonds. The molecule has 3 nitrogen and oxygen atoms in total. The molecule has 0 saturated heterocycles. The van der Waals surface area contributed by atoms with Gasteiger partial charge in [-0.25, -0.2) is 0 Å². The number of aromatic amines is 1. The van der Waals surface area contributed by atoms with Crippen LogP contribution >= 0.6 is 0 Å². The average molecular weight is 344 g/mol. The summed E-state index contributed by atoms with van der Waals surface area (Å²) in [6.45, 7) is 2.29. The van der Waals surface area contributed by atoms with Crippen LogP contribution in [0.4, 0.5) is 0 Å². The molecular formula is C22H37N3. The summed E-state index contributed by atoms with van der Waals surface area (Å²) in [6, 6.07) is 6.33. The van der Waals surface area contributed by atoms with Crippen molar-refractivity contribution >= 4 is 11.0 Å². The second-order valence-electron chi connectivity index (χ2n) is 7.47. The van der Waals surface area contributed by atoms with Gasteiger partial charge < -0.3 is 0 Å². The van der Waals surface area contributed by atoms with Crippen LogP contribution in [0.1, 0.15) is 102 Å². The largest absolute Gasteiger partial charge is 0.258 e. The van der Waals surface area contributed by atoms with Crippen LogP contribution in [-0.2, 0) is 6.42 Å². The fourth-order valence-electron chi connectivity index (χ4n) is 3.64. The third-order valence-electron chi connectivity index (χ3n) is 5.24. The summed E-state index contributed by atoms with van der Waals surface area (Å²) in [6.07, 6.45) is 20.9. The molecule has 0 atom stereocenters. The summed E-state index contributed by atoms with van der Waals surface area (Å²) >= 11 is 0. The summed E-state index contributed by atoms with van der Waals surface area (Å²) in [5.41, 5.74) is 3.45. The van der Waals surface area contributed by atoms with Crippen molar-refractivity contribution in [3.05, 3.63) is 23.8 Å². The molecule has 2 rings (SSSR count). The number of benzene rings is 1. The lowest BCUT2D eigenvalue weighted by Gasteiger charge is -2.04. The lowest BCUT2D eigenvalue weighted by atomic mass is 10.0. The first-order chi connectivity index (χ1) is 12.4. The van der Waals surface area contributed by atoms with Gasteiger partial charge in [0.25, 0.3) is 0 Å². The predicted molar refractivity (Wildman–Crippen MR) is 108 cm³/mol. The predicted octanol–water partition coefficient (Wildman–Crippen LogP) is 6.98. The number of fused-ring (bicyclic) bond motifs is 1. The van der Waals surface area contributed by atoms with Crippen LogP contribution in [-0.4, -0.2) is 15.4 Å². The number of rotatable bonds is 15. The smallest absolute Gasteiger partial charge is 0.116 e. The first-order valence-corrected chi connectivity index (χ1v) is 10.7. The van der Waals surface area contributed by atoms with E-state index in [9.17, 15) is 0 Å². The van der Waals surface area contributed by atoms with Gasteiger partial charge in [-0.15, -0.1) is 5.10 Å². The molecule has 0 saturated carbocycles. The van der Waals surface area contributed by atoms with Crippen LogP contribution in [0.15, 0.2) is 18.2 Å². The molecule has 0 aliphatic heterocycles. The second-order valence-corrected chi connectivity index (χ2v) is 7.47. The second kappa shape index (κ2) is 12.9. The molecule has 0 aliphatic carbocycles. The Morgan fingerprint density at radius 1 is 0.720 bits per heavy atom. The Morgan fingerprint density at radius 3 is 1.88 bits per heavy atom. The third kappa shape index (κ3) is 8.02. The maximum atomic E-state index is 4.20. The number of nitrogens with zero attached hydrogens (tertiary/aromatic N) is 2. The van der Waals surface area contributed by atoms with E-state index in [4.69, 9.17) is 0 Å². The average Bonchev–Trinajstić information content (AvgIpc) is 3.11. The monoisotopic (exact) mass is 343 g/mol. The molecule has 0 spiro atoms. The van der Waals surface area contributed by atoms with E-state index < -0.39 is 0 Å². The zero-order valence-electron chi connectivity index (χ0n) is 16.2. The van der Waals surface area contributed by atoms with Crippen molar-refractivity contribution in [3.63, 3.8) is 0 Å². The Kier molecular flexibility index (Phi) is 10.3. The number of aryl methyl sites for hydroxylation is 1. The van der Waals surface area contributed by atoms with Gasteiger partial charge in [-0.05, 0) is 24.5 Å². The van der Waals surface area contributed by atoms with Crippen molar-refractivity contribution in [2.24, 2.45) is 0 Å². The zero-order valence-corrected chi connectivity index (χ0v) is 16.2. The summed E-state index contributed by atoms with van der Waals surface area (Å²) in [5.74, 6) is 0. The van der Waals surface area contributed by atoms with Crippen molar-refractivity contribution in [2.45, 2.75) is 103 Å². The number of aromatic nitrogens is 3. The van der Waals surface area contributed by atoms with Crippen LogP contribution in [0.2, 0.25) is 0 Å². The van der Waals surface area contributed by atoms with E-state index in [2.05, 4.69) is 34.5 Å². The first-order valence-electron chi connectivity index (χ1n) is 10.7. The summed E-state index contributed by atoms with van der Waals surface area (Å²) in [7, 11) is 0. The van der Waals surface area contributed by atoms with Gasteiger partial charge in [0, 0.05) is 0 Å². The number of unbranched alkanes of at least 4 members (excludes halogenated alkanes) is 13. The number of hydrogen-bond acceptors (Lipinski definition) is 2. The Morgan fingerprint density at radius 2 is 1.28 bits per heavy atom. The minimum atomic E-state index is 1.05. The fraction of sp³-hybridized carbons (Fsp3) is 0.727. The van der Waals surface area contributed by atoms with Crippen molar-refractivity contribution in [1.29, 1.82) is 0 Å². The molecule has 0 fully saturated rings. The van der Waals surface area contributed by atoms with Crippen LogP contribution < -0.4 is 0 Å². The molecule has 1 heterocycles. The highest BCUT2D eigenvalue weighted by Crippen LogP contribution is 2.17. The van der Waals surface area contributed by atoms with Crippen molar-refractivity contribution in [2.75, 3.05) is 0 Å². The van der Waals surface area contributed by atoms with Crippen LogP contribution in [0, 0.1) is 0 Å². The maximum absolute atomic E-state index is 4.20. The summed E-state index contributed by atoms with van der Waals surface area (Å²) in [4.78, 5) is 0. The highest BCUT2D eigenvalue weighted by atomic mass is 15.3. The Hall–Kier alpha value is -1.38. The first kappa shape index (κ1) is 19.9. The van der Waals surface area contributed by atoms with E-state index in [0.717, 1.165) is 17.5 Å². The molecule has 0 bridgehead atoms. The van der Waals surface area contributed by atoms with Gasteiger partial charge in [0.2, 0.25) is 0 Å². The van der Waals surface area contributed by atoms with Gasteiger partial charge in [0.05, 0.1) is 5.52 Å². The standard InChI is InChI=1S/C22H37N3/c1-2-3-4-5-6-7-8-9-10-11-12-13-14-15-17-20-18-16-19-21-22(20)24-25-23-21/h16,18-19H,2-15,17H2,1H3,(H,23,24,25). The van der Waals surface area contributed by atoms with Gasteiger partial charge in [-0.1, -0.05) is 108 Å². The van der Waals surface area contributed by atoms with Gasteiger partial charge in [0.15, 0.2) is 0 Å². The normalized spacial score (nSPS) is 11.4. The minimum Gasteiger partial charge on any atom is -0.258 e. The molecule has 0 radical (unpaired) electrons. The zero-order chi connectivity index (χ0) is 17.6. The van der Waals surface area contributed by atoms with Crippen LogP contribution in [0.25, 0.3) is 11.0 Å². The van der Waals surface area contributed by atoms with Crippen molar-refractivity contribution in [1.82, 2.24) is 15.4 Å². The molecule has 0 aliphatic rings. The van der Waals surface area contributed by atoms with E-state index in [1.54, 1.807) is 0 Å². The van der Waals surface area contributed by atoms with Gasteiger partial charge in [-0.3, -0.25) is 5.10 Å². The van der Waals surface area contributed by atoms with Gasteiger partial charge >= 0.3 is 0 Å². The molecule has 2 aromatic rings. The summed E-state index contributed by atoms with van der Waals surface area (Å²) in [5, 5.41) is 11.1. The highest BCUT2D eigenvalue weighted by Gasteiger charge is 2.03. The Bertz CT molecular complexity index is 561. The molecule has 3 heteroatoms. The van der Waals surface area contributed by atoms with E-state index in [0.29, 0.717) is 0 Å². The van der Waals surface area contributed by atoms with Gasteiger partial charge in [0.1, 0.15) is 5.52 Å². The van der Waals surface area contributed by atoms with E-state index in [1.807, 2.05) is 6.07 Å². The summed E-state index contributed by atoms with van der Waals surface area (Å²) < 4.78 is 0. The molecule has 1 aromatic heterocycles. The molecule has 1 aromatic carbocycles. The minimum absolute atomic E-state index is 1.05. The Balaban J connectivity index is 1.38. The van der Waals surface area contributed by atoms with Gasteiger partial charge in [-0.2, -0.15) is 0 Å². The molecule has 1 N–H and O–H groups in total. The molecular weight excluding hydrogens is 306 g/mol. The van der Waals surface area contributed by atoms with Crippen LogP contribution in [0.3, 0.4) is 0 Å². The van der Waals surface area contributed by atoms with E-state index in [-0.39, 0.29) is 0 Å². The lowest BCUT2D eigenvalue weighted by molar-refractivity contribution is 0.535. The highest BCUT2D eigenvalue weighted by molar-refractivity contribution is 5.77. The van der Waals surface area contributed by atoms with E-state index >= 15 is 0 Å². The van der Waals surface area contributed by atoms with Crippen molar-refractivity contribution < 1.29 is 0 Å². The number of nitrogens with one attached hydrogen (secondary N) is 1. The third-order valence-corrected chi connectivity index (χ3v) is 5.24. The lowest BCUT2D eigenvalue weighted by Crippen LogP contribution is -1.88. The fourth-order valence-corrected chi connectivity index (χ4v) is 3.64. The maximum Gasteiger partial charge on any atom is 0.116 e. The van der Waals surface area contributed by atoms with Crippen LogP contribution in [0.5, 0.6) is 0 Å². The molecule has 140 valence electrons. The van der Waals surface area contributed by atoms with Crippen molar-refractivity contribution in [3.8, 4) is 0 Å². The molecule has 25 heavy (non-hydrogen) atoms. The number of hydrogen-bond donors (Lipinski definition) is 1. The van der Waals surface area contributed by atoms with E-state index in [1.165, 1.54) is 95.5 Å². The molecule has 0 unspecified atom stereocenters. The Labute approximate surface area is 154 Å². The SMILES string of the molecule is CCCCCCCCCCCCCCCCc1cccc2[nH]nnc12. The number of H-pyrrole nitrogens is 1.